The fourth-order valence-electron chi connectivity index (χ4n) is 2.74. The minimum absolute atomic E-state index is 0.000394. The molecule has 1 aromatic heterocycles. The molecule has 3 nitrogen and oxygen atoms in total. The lowest BCUT2D eigenvalue weighted by molar-refractivity contribution is 0.239. The van der Waals surface area contributed by atoms with Crippen molar-refractivity contribution in [1.29, 1.82) is 0 Å². The average Bonchev–Trinajstić information content (AvgIpc) is 2.59. The van der Waals surface area contributed by atoms with Crippen molar-refractivity contribution in [2.75, 3.05) is 0 Å². The number of aromatic nitrogens is 2. The maximum Gasteiger partial charge on any atom is 0.137 e. The molecule has 2 atom stereocenters. The number of fused-ring (bicyclic) bond motifs is 1. The Morgan fingerprint density at radius 3 is 3.00 bits per heavy atom. The van der Waals surface area contributed by atoms with Crippen LogP contribution in [0.25, 0.3) is 0 Å². The van der Waals surface area contributed by atoms with Gasteiger partial charge >= 0.3 is 0 Å². The molecule has 0 aromatic carbocycles. The summed E-state index contributed by atoms with van der Waals surface area (Å²) < 4.78 is 9.06. The van der Waals surface area contributed by atoms with E-state index >= 15 is 0 Å². The van der Waals surface area contributed by atoms with Crippen LogP contribution in [0, 0.1) is 0 Å². The normalized spacial score (nSPS) is 33.5. The van der Waals surface area contributed by atoms with Crippen molar-refractivity contribution in [3.05, 3.63) is 16.4 Å². The van der Waals surface area contributed by atoms with E-state index in [4.69, 9.17) is 4.74 Å². The fourth-order valence-corrected chi connectivity index (χ4v) is 3.35. The summed E-state index contributed by atoms with van der Waals surface area (Å²) in [5.41, 5.74) is 1.25. The van der Waals surface area contributed by atoms with Gasteiger partial charge in [-0.05, 0) is 49.0 Å². The van der Waals surface area contributed by atoms with E-state index < -0.39 is 0 Å². The van der Waals surface area contributed by atoms with Crippen LogP contribution >= 0.6 is 15.9 Å². The highest BCUT2D eigenvalue weighted by Crippen LogP contribution is 2.58. The largest absolute Gasteiger partial charge is 0.359 e. The summed E-state index contributed by atoms with van der Waals surface area (Å²) in [5, 5.41) is 4.42. The summed E-state index contributed by atoms with van der Waals surface area (Å²) in [4.78, 5) is 0. The van der Waals surface area contributed by atoms with Crippen molar-refractivity contribution in [2.24, 2.45) is 0 Å². The molecule has 1 aromatic rings. The zero-order chi connectivity index (χ0) is 10.6. The predicted octanol–water partition coefficient (Wildman–Crippen LogP) is 3.00. The average molecular weight is 271 g/mol. The van der Waals surface area contributed by atoms with Gasteiger partial charge in [-0.1, -0.05) is 0 Å². The van der Waals surface area contributed by atoms with Crippen LogP contribution in [-0.4, -0.2) is 15.9 Å². The summed E-state index contributed by atoms with van der Waals surface area (Å²) in [6.07, 6.45) is 5.97. The van der Waals surface area contributed by atoms with Gasteiger partial charge in [-0.2, -0.15) is 5.10 Å². The molecule has 0 amide bonds. The van der Waals surface area contributed by atoms with Gasteiger partial charge in [-0.15, -0.1) is 0 Å². The van der Waals surface area contributed by atoms with E-state index in [2.05, 4.69) is 39.6 Å². The third kappa shape index (κ3) is 1.24. The van der Waals surface area contributed by atoms with Crippen molar-refractivity contribution in [3.8, 4) is 0 Å². The number of nitrogens with zero attached hydrogens (tertiary/aromatic N) is 2. The van der Waals surface area contributed by atoms with Gasteiger partial charge in [-0.25, -0.2) is 0 Å². The molecule has 0 bridgehead atoms. The molecule has 4 heteroatoms. The van der Waals surface area contributed by atoms with E-state index in [0.717, 1.165) is 10.9 Å². The first-order valence-electron chi connectivity index (χ1n) is 5.56. The third-order valence-electron chi connectivity index (χ3n) is 3.47. The number of hydrogen-bond donors (Lipinski definition) is 0. The second-order valence-corrected chi connectivity index (χ2v) is 5.62. The van der Waals surface area contributed by atoms with Crippen LogP contribution in [-0.2, 0) is 10.3 Å². The van der Waals surface area contributed by atoms with Crippen molar-refractivity contribution >= 4 is 15.9 Å². The fraction of sp³-hybridized carbons (Fsp3) is 0.727. The maximum atomic E-state index is 5.87. The van der Waals surface area contributed by atoms with E-state index in [0.29, 0.717) is 12.1 Å². The van der Waals surface area contributed by atoms with E-state index in [1.54, 1.807) is 0 Å². The second-order valence-electron chi connectivity index (χ2n) is 4.77. The lowest BCUT2D eigenvalue weighted by atomic mass is 10.0. The minimum Gasteiger partial charge on any atom is -0.359 e. The topological polar surface area (TPSA) is 30.4 Å². The van der Waals surface area contributed by atoms with Gasteiger partial charge in [0.05, 0.1) is 22.5 Å². The van der Waals surface area contributed by atoms with Crippen LogP contribution in [0.4, 0.5) is 0 Å². The third-order valence-corrected chi connectivity index (χ3v) is 4.05. The SMILES string of the molecule is CC(C)n1ncc(Br)c1[C@@]12CCC[C@@H]1O2. The van der Waals surface area contributed by atoms with E-state index in [9.17, 15) is 0 Å². The van der Waals surface area contributed by atoms with Gasteiger partial charge in [0.1, 0.15) is 5.60 Å². The summed E-state index contributed by atoms with van der Waals surface area (Å²) in [5.74, 6) is 0. The van der Waals surface area contributed by atoms with Crippen LogP contribution in [0.5, 0.6) is 0 Å². The molecular weight excluding hydrogens is 256 g/mol. The first-order valence-corrected chi connectivity index (χ1v) is 6.36. The van der Waals surface area contributed by atoms with Gasteiger partial charge in [0.2, 0.25) is 0 Å². The smallest absolute Gasteiger partial charge is 0.137 e. The Morgan fingerprint density at radius 1 is 1.67 bits per heavy atom. The number of halogens is 1. The number of hydrogen-bond acceptors (Lipinski definition) is 2. The molecule has 0 unspecified atom stereocenters. The van der Waals surface area contributed by atoms with Crippen LogP contribution in [0.1, 0.15) is 44.8 Å². The van der Waals surface area contributed by atoms with Crippen LogP contribution < -0.4 is 0 Å². The molecule has 2 heterocycles. The Bertz CT molecular complexity index is 401. The van der Waals surface area contributed by atoms with Crippen LogP contribution in [0.15, 0.2) is 10.7 Å². The quantitative estimate of drug-likeness (QED) is 0.774. The Labute approximate surface area is 97.9 Å². The van der Waals surface area contributed by atoms with Gasteiger partial charge < -0.3 is 4.74 Å². The Morgan fingerprint density at radius 2 is 2.47 bits per heavy atom. The second kappa shape index (κ2) is 3.08. The monoisotopic (exact) mass is 270 g/mol. The van der Waals surface area contributed by atoms with E-state index in [1.165, 1.54) is 18.5 Å². The lowest BCUT2D eigenvalue weighted by Crippen LogP contribution is -2.17. The Balaban J connectivity index is 2.07. The minimum atomic E-state index is -0.000394. The number of rotatable bonds is 2. The summed E-state index contributed by atoms with van der Waals surface area (Å²) >= 11 is 3.59. The molecule has 2 aliphatic rings. The molecule has 1 saturated carbocycles. The first-order chi connectivity index (χ1) is 7.15. The molecule has 3 rings (SSSR count). The molecule has 0 N–H and O–H groups in total. The predicted molar refractivity (Wildman–Crippen MR) is 60.7 cm³/mol. The lowest BCUT2D eigenvalue weighted by Gasteiger charge is -2.15. The van der Waals surface area contributed by atoms with Crippen molar-refractivity contribution in [3.63, 3.8) is 0 Å². The van der Waals surface area contributed by atoms with E-state index in [1.807, 2.05) is 6.20 Å². The van der Waals surface area contributed by atoms with Gasteiger partial charge in [-0.3, -0.25) is 4.68 Å². The summed E-state index contributed by atoms with van der Waals surface area (Å²) in [6, 6.07) is 0.395. The van der Waals surface area contributed by atoms with Crippen molar-refractivity contribution in [2.45, 2.75) is 50.9 Å². The van der Waals surface area contributed by atoms with E-state index in [-0.39, 0.29) is 5.60 Å². The molecule has 1 saturated heterocycles. The zero-order valence-electron chi connectivity index (χ0n) is 9.03. The summed E-state index contributed by atoms with van der Waals surface area (Å²) in [7, 11) is 0. The molecule has 2 fully saturated rings. The molecule has 15 heavy (non-hydrogen) atoms. The van der Waals surface area contributed by atoms with Crippen LogP contribution in [0.3, 0.4) is 0 Å². The molecule has 0 radical (unpaired) electrons. The molecule has 1 aliphatic carbocycles. The summed E-state index contributed by atoms with van der Waals surface area (Å²) in [6.45, 7) is 4.32. The highest BCUT2D eigenvalue weighted by atomic mass is 79.9. The maximum absolute atomic E-state index is 5.87. The molecule has 82 valence electrons. The zero-order valence-corrected chi connectivity index (χ0v) is 10.6. The number of ether oxygens (including phenoxy) is 1. The molecule has 0 spiro atoms. The highest BCUT2D eigenvalue weighted by molar-refractivity contribution is 9.10. The van der Waals surface area contributed by atoms with Crippen molar-refractivity contribution in [1.82, 2.24) is 9.78 Å². The van der Waals surface area contributed by atoms with Gasteiger partial charge in [0.25, 0.3) is 0 Å². The van der Waals surface area contributed by atoms with Crippen molar-refractivity contribution < 1.29 is 4.74 Å². The Hall–Kier alpha value is -0.350. The molecule has 1 aliphatic heterocycles. The highest BCUT2D eigenvalue weighted by Gasteiger charge is 2.63. The molecular formula is C11H15BrN2O. The Kier molecular flexibility index (Phi) is 2.02. The first kappa shape index (κ1) is 9.85. The van der Waals surface area contributed by atoms with Gasteiger partial charge in [0.15, 0.2) is 0 Å². The number of epoxide rings is 1. The standard InChI is InChI=1S/C11H15BrN2O/c1-7(2)14-10(8(12)6-13-14)11-5-3-4-9(11)15-11/h6-7,9H,3-5H2,1-2H3/t9-,11+/m0/s1. The van der Waals surface area contributed by atoms with Crippen LogP contribution in [0.2, 0.25) is 0 Å². The van der Waals surface area contributed by atoms with Gasteiger partial charge in [0, 0.05) is 6.04 Å².